The summed E-state index contributed by atoms with van der Waals surface area (Å²) < 4.78 is 0. The normalized spacial score (nSPS) is 23.9. The average molecular weight is 247 g/mol. The summed E-state index contributed by atoms with van der Waals surface area (Å²) in [5.41, 5.74) is 2.78. The van der Waals surface area contributed by atoms with Gasteiger partial charge in [0.2, 0.25) is 0 Å². The first-order valence-corrected chi connectivity index (χ1v) is 6.54. The van der Waals surface area contributed by atoms with Crippen molar-refractivity contribution in [3.05, 3.63) is 53.1 Å². The van der Waals surface area contributed by atoms with Gasteiger partial charge in [0.05, 0.1) is 0 Å². The van der Waals surface area contributed by atoms with Gasteiger partial charge in [0.1, 0.15) is 0 Å². The molecule has 0 nitrogen and oxygen atoms in total. The van der Waals surface area contributed by atoms with E-state index in [1.165, 1.54) is 11.1 Å². The van der Waals surface area contributed by atoms with Crippen molar-refractivity contribution in [3.8, 4) is 0 Å². The van der Waals surface area contributed by atoms with Gasteiger partial charge in [0.25, 0.3) is 0 Å². The predicted molar refractivity (Wildman–Crippen MR) is 76.1 cm³/mol. The van der Waals surface area contributed by atoms with Gasteiger partial charge in [-0.1, -0.05) is 62.7 Å². The van der Waals surface area contributed by atoms with Gasteiger partial charge in [-0.2, -0.15) is 0 Å². The summed E-state index contributed by atoms with van der Waals surface area (Å²) in [5.74, 6) is 0.663. The molecular weight excluding hydrogens is 228 g/mol. The van der Waals surface area contributed by atoms with E-state index >= 15 is 0 Å². The molecule has 17 heavy (non-hydrogen) atoms. The number of hydrogen-bond acceptors (Lipinski definition) is 0. The standard InChI is InChI=1S/C16H19Cl/c1-12(2)16(3)9-7-13(8-10-16)14-5-4-6-15(17)11-14/h4-9,11-12H,10H2,1-3H3. The second-order valence-corrected chi connectivity index (χ2v) is 5.80. The van der Waals surface area contributed by atoms with E-state index in [-0.39, 0.29) is 0 Å². The Balaban J connectivity index is 2.23. The summed E-state index contributed by atoms with van der Waals surface area (Å²) in [5, 5.41) is 0.800. The molecule has 1 unspecified atom stereocenters. The van der Waals surface area contributed by atoms with E-state index in [9.17, 15) is 0 Å². The van der Waals surface area contributed by atoms with Crippen LogP contribution in [0.1, 0.15) is 32.8 Å². The molecule has 0 spiro atoms. The average Bonchev–Trinajstić information content (AvgIpc) is 2.30. The minimum absolute atomic E-state index is 0.294. The van der Waals surface area contributed by atoms with Crippen LogP contribution in [-0.2, 0) is 0 Å². The Morgan fingerprint density at radius 1 is 1.29 bits per heavy atom. The van der Waals surface area contributed by atoms with Gasteiger partial charge in [-0.15, -0.1) is 0 Å². The number of benzene rings is 1. The molecule has 0 amide bonds. The van der Waals surface area contributed by atoms with Crippen molar-refractivity contribution in [1.29, 1.82) is 0 Å². The first-order chi connectivity index (χ1) is 8.01. The molecule has 0 fully saturated rings. The van der Waals surface area contributed by atoms with Crippen molar-refractivity contribution < 1.29 is 0 Å². The van der Waals surface area contributed by atoms with Crippen LogP contribution in [0, 0.1) is 11.3 Å². The fourth-order valence-electron chi connectivity index (χ4n) is 2.06. The van der Waals surface area contributed by atoms with Gasteiger partial charge in [0, 0.05) is 5.02 Å². The van der Waals surface area contributed by atoms with Gasteiger partial charge >= 0.3 is 0 Å². The lowest BCUT2D eigenvalue weighted by Gasteiger charge is -2.32. The van der Waals surface area contributed by atoms with E-state index in [0.29, 0.717) is 11.3 Å². The lowest BCUT2D eigenvalue weighted by atomic mass is 9.73. The first kappa shape index (κ1) is 12.4. The highest BCUT2D eigenvalue weighted by Gasteiger charge is 2.26. The molecule has 0 saturated heterocycles. The van der Waals surface area contributed by atoms with Crippen LogP contribution < -0.4 is 0 Å². The Hall–Kier alpha value is -1.01. The lowest BCUT2D eigenvalue weighted by molar-refractivity contribution is 0.300. The molecule has 0 heterocycles. The largest absolute Gasteiger partial charge is 0.0843 e. The molecule has 1 heteroatoms. The highest BCUT2D eigenvalue weighted by Crippen LogP contribution is 2.38. The van der Waals surface area contributed by atoms with Crippen LogP contribution in [0.25, 0.3) is 5.57 Å². The molecule has 1 aromatic rings. The molecule has 90 valence electrons. The Bertz CT molecular complexity index is 468. The fourth-order valence-corrected chi connectivity index (χ4v) is 2.25. The van der Waals surface area contributed by atoms with Crippen LogP contribution in [-0.4, -0.2) is 0 Å². The molecule has 0 saturated carbocycles. The van der Waals surface area contributed by atoms with E-state index in [1.54, 1.807) is 0 Å². The molecule has 1 aliphatic rings. The van der Waals surface area contributed by atoms with Crippen LogP contribution in [0.2, 0.25) is 5.02 Å². The number of allylic oxidation sites excluding steroid dienone is 4. The predicted octanol–water partition coefficient (Wildman–Crippen LogP) is 5.35. The van der Waals surface area contributed by atoms with Crippen molar-refractivity contribution in [2.75, 3.05) is 0 Å². The summed E-state index contributed by atoms with van der Waals surface area (Å²) in [7, 11) is 0. The minimum Gasteiger partial charge on any atom is -0.0843 e. The molecule has 0 aromatic heterocycles. The maximum atomic E-state index is 6.02. The highest BCUT2D eigenvalue weighted by molar-refractivity contribution is 6.30. The minimum atomic E-state index is 0.294. The Labute approximate surface area is 109 Å². The summed E-state index contributed by atoms with van der Waals surface area (Å²) >= 11 is 6.02. The first-order valence-electron chi connectivity index (χ1n) is 6.16. The van der Waals surface area contributed by atoms with Crippen molar-refractivity contribution in [3.63, 3.8) is 0 Å². The third-order valence-corrected chi connectivity index (χ3v) is 4.12. The van der Waals surface area contributed by atoms with Crippen LogP contribution in [0.15, 0.2) is 42.5 Å². The summed E-state index contributed by atoms with van der Waals surface area (Å²) in [6.07, 6.45) is 8.00. The van der Waals surface area contributed by atoms with Crippen LogP contribution >= 0.6 is 11.6 Å². The Morgan fingerprint density at radius 2 is 2.06 bits per heavy atom. The second-order valence-electron chi connectivity index (χ2n) is 5.37. The number of hydrogen-bond donors (Lipinski definition) is 0. The topological polar surface area (TPSA) is 0 Å². The van der Waals surface area contributed by atoms with E-state index in [0.717, 1.165) is 11.4 Å². The van der Waals surface area contributed by atoms with Crippen LogP contribution in [0.4, 0.5) is 0 Å². The molecule has 1 aromatic carbocycles. The smallest absolute Gasteiger partial charge is 0.0412 e. The van der Waals surface area contributed by atoms with E-state index in [4.69, 9.17) is 11.6 Å². The molecule has 1 aliphatic carbocycles. The van der Waals surface area contributed by atoms with Gasteiger partial charge < -0.3 is 0 Å². The molecular formula is C16H19Cl. The van der Waals surface area contributed by atoms with Gasteiger partial charge in [-0.05, 0) is 41.0 Å². The zero-order valence-electron chi connectivity index (χ0n) is 10.7. The Morgan fingerprint density at radius 3 is 2.59 bits per heavy atom. The third kappa shape index (κ3) is 2.63. The molecule has 1 atom stereocenters. The summed E-state index contributed by atoms with van der Waals surface area (Å²) in [4.78, 5) is 0. The molecule has 2 rings (SSSR count). The third-order valence-electron chi connectivity index (χ3n) is 3.88. The zero-order valence-corrected chi connectivity index (χ0v) is 11.5. The van der Waals surface area contributed by atoms with Crippen LogP contribution in [0.5, 0.6) is 0 Å². The van der Waals surface area contributed by atoms with Gasteiger partial charge in [-0.3, -0.25) is 0 Å². The zero-order chi connectivity index (χ0) is 12.5. The van der Waals surface area contributed by atoms with Crippen molar-refractivity contribution in [1.82, 2.24) is 0 Å². The van der Waals surface area contributed by atoms with E-state index in [1.807, 2.05) is 18.2 Å². The van der Waals surface area contributed by atoms with Crippen molar-refractivity contribution in [2.24, 2.45) is 11.3 Å². The highest BCUT2D eigenvalue weighted by atomic mass is 35.5. The second kappa shape index (κ2) is 4.70. The molecule has 0 radical (unpaired) electrons. The summed E-state index contributed by atoms with van der Waals surface area (Å²) in [6.45, 7) is 6.88. The van der Waals surface area contributed by atoms with Gasteiger partial charge in [0.15, 0.2) is 0 Å². The molecule has 0 N–H and O–H groups in total. The maximum Gasteiger partial charge on any atom is 0.0412 e. The van der Waals surface area contributed by atoms with Gasteiger partial charge in [-0.25, -0.2) is 0 Å². The monoisotopic (exact) mass is 246 g/mol. The molecule has 0 bridgehead atoms. The molecule has 0 aliphatic heterocycles. The quantitative estimate of drug-likeness (QED) is 0.660. The van der Waals surface area contributed by atoms with Crippen molar-refractivity contribution >= 4 is 17.2 Å². The number of halogens is 1. The Kier molecular flexibility index (Phi) is 3.44. The number of rotatable bonds is 2. The maximum absolute atomic E-state index is 6.02. The SMILES string of the molecule is CC(C)C1(C)C=CC(c2cccc(Cl)c2)=CC1. The lowest BCUT2D eigenvalue weighted by Crippen LogP contribution is -2.21. The van der Waals surface area contributed by atoms with Crippen LogP contribution in [0.3, 0.4) is 0 Å². The van der Waals surface area contributed by atoms with E-state index < -0.39 is 0 Å². The van der Waals surface area contributed by atoms with E-state index in [2.05, 4.69) is 45.1 Å². The summed E-state index contributed by atoms with van der Waals surface area (Å²) in [6, 6.07) is 8.05. The van der Waals surface area contributed by atoms with Crippen molar-refractivity contribution in [2.45, 2.75) is 27.2 Å². The fraction of sp³-hybridized carbons (Fsp3) is 0.375.